The average molecular weight is 329 g/mol. The van der Waals surface area contributed by atoms with E-state index in [2.05, 4.69) is 5.32 Å². The van der Waals surface area contributed by atoms with Gasteiger partial charge in [-0.2, -0.15) is 0 Å². The molecule has 4 nitrogen and oxygen atoms in total. The SMILES string of the molecule is CC(Nc1cc(F)cc([N+](=O)[O-])c1)c1cc(Cl)ccc1Cl. The first-order chi connectivity index (χ1) is 9.86. The zero-order valence-corrected chi connectivity index (χ0v) is 12.5. The van der Waals surface area contributed by atoms with E-state index in [9.17, 15) is 14.5 Å². The van der Waals surface area contributed by atoms with E-state index < -0.39 is 10.7 Å². The van der Waals surface area contributed by atoms with Gasteiger partial charge >= 0.3 is 0 Å². The van der Waals surface area contributed by atoms with Crippen molar-refractivity contribution in [3.63, 3.8) is 0 Å². The fraction of sp³-hybridized carbons (Fsp3) is 0.143. The van der Waals surface area contributed by atoms with E-state index in [1.54, 1.807) is 25.1 Å². The van der Waals surface area contributed by atoms with Crippen molar-refractivity contribution < 1.29 is 9.31 Å². The number of nitrogens with zero attached hydrogens (tertiary/aromatic N) is 1. The number of halogens is 3. The number of nitro groups is 1. The normalized spacial score (nSPS) is 12.0. The van der Waals surface area contributed by atoms with E-state index in [0.717, 1.165) is 11.6 Å². The predicted molar refractivity (Wildman–Crippen MR) is 81.6 cm³/mol. The van der Waals surface area contributed by atoms with Crippen LogP contribution in [0.1, 0.15) is 18.5 Å². The van der Waals surface area contributed by atoms with Crippen LogP contribution in [-0.4, -0.2) is 4.92 Å². The molecule has 0 radical (unpaired) electrons. The van der Waals surface area contributed by atoms with E-state index in [1.165, 1.54) is 12.1 Å². The van der Waals surface area contributed by atoms with Gasteiger partial charge in [0, 0.05) is 21.8 Å². The van der Waals surface area contributed by atoms with Gasteiger partial charge in [0.1, 0.15) is 5.82 Å². The maximum absolute atomic E-state index is 13.4. The van der Waals surface area contributed by atoms with Crippen molar-refractivity contribution in [1.82, 2.24) is 0 Å². The van der Waals surface area contributed by atoms with Gasteiger partial charge in [-0.1, -0.05) is 23.2 Å². The molecule has 2 rings (SSSR count). The lowest BCUT2D eigenvalue weighted by Crippen LogP contribution is -2.08. The average Bonchev–Trinajstić information content (AvgIpc) is 2.40. The van der Waals surface area contributed by atoms with Gasteiger partial charge in [-0.05, 0) is 36.8 Å². The molecule has 0 aromatic heterocycles. The minimum Gasteiger partial charge on any atom is -0.378 e. The van der Waals surface area contributed by atoms with Gasteiger partial charge in [-0.15, -0.1) is 0 Å². The molecule has 0 fully saturated rings. The second-order valence-corrected chi connectivity index (χ2v) is 5.33. The summed E-state index contributed by atoms with van der Waals surface area (Å²) in [4.78, 5) is 10.1. The Morgan fingerprint density at radius 3 is 2.62 bits per heavy atom. The van der Waals surface area contributed by atoms with Crippen LogP contribution in [0.4, 0.5) is 15.8 Å². The Morgan fingerprint density at radius 1 is 1.24 bits per heavy atom. The highest BCUT2D eigenvalue weighted by molar-refractivity contribution is 6.33. The molecule has 2 aromatic carbocycles. The van der Waals surface area contributed by atoms with Crippen molar-refractivity contribution in [3.05, 3.63) is 67.9 Å². The molecule has 0 saturated heterocycles. The number of nitro benzene ring substituents is 1. The molecule has 0 aliphatic carbocycles. The van der Waals surface area contributed by atoms with Gasteiger partial charge < -0.3 is 5.32 Å². The lowest BCUT2D eigenvalue weighted by molar-refractivity contribution is -0.385. The van der Waals surface area contributed by atoms with Crippen LogP contribution in [0.5, 0.6) is 0 Å². The Kier molecular flexibility index (Phi) is 4.65. The molecule has 2 aromatic rings. The molecule has 21 heavy (non-hydrogen) atoms. The third kappa shape index (κ3) is 3.83. The summed E-state index contributed by atoms with van der Waals surface area (Å²) in [5, 5.41) is 14.7. The Hall–Kier alpha value is -1.85. The Bertz CT molecular complexity index is 695. The highest BCUT2D eigenvalue weighted by Gasteiger charge is 2.14. The van der Waals surface area contributed by atoms with Crippen molar-refractivity contribution in [2.75, 3.05) is 5.32 Å². The van der Waals surface area contributed by atoms with Gasteiger partial charge in [0.05, 0.1) is 17.0 Å². The summed E-state index contributed by atoms with van der Waals surface area (Å²) in [5.41, 5.74) is 0.697. The zero-order valence-electron chi connectivity index (χ0n) is 10.9. The van der Waals surface area contributed by atoms with Crippen LogP contribution in [0.25, 0.3) is 0 Å². The first kappa shape index (κ1) is 15.5. The number of non-ortho nitro benzene ring substituents is 1. The summed E-state index contributed by atoms with van der Waals surface area (Å²) in [6.45, 7) is 1.80. The highest BCUT2D eigenvalue weighted by Crippen LogP contribution is 2.30. The minimum absolute atomic E-state index is 0.294. The molecule has 0 aliphatic heterocycles. The first-order valence-electron chi connectivity index (χ1n) is 6.03. The topological polar surface area (TPSA) is 55.2 Å². The van der Waals surface area contributed by atoms with Gasteiger partial charge in [0.15, 0.2) is 0 Å². The van der Waals surface area contributed by atoms with Crippen LogP contribution in [-0.2, 0) is 0 Å². The number of hydrogen-bond acceptors (Lipinski definition) is 3. The molecule has 1 unspecified atom stereocenters. The Morgan fingerprint density at radius 2 is 1.95 bits per heavy atom. The van der Waals surface area contributed by atoms with Crippen LogP contribution in [0, 0.1) is 15.9 Å². The number of benzene rings is 2. The molecule has 0 amide bonds. The van der Waals surface area contributed by atoms with Gasteiger partial charge in [-0.3, -0.25) is 10.1 Å². The van der Waals surface area contributed by atoms with E-state index in [0.29, 0.717) is 15.7 Å². The molecule has 0 saturated carbocycles. The summed E-state index contributed by atoms with van der Waals surface area (Å²) in [7, 11) is 0. The number of hydrogen-bond donors (Lipinski definition) is 1. The summed E-state index contributed by atoms with van der Waals surface area (Å²) >= 11 is 12.0. The molecule has 1 N–H and O–H groups in total. The summed E-state index contributed by atoms with van der Waals surface area (Å²) < 4.78 is 13.4. The fourth-order valence-electron chi connectivity index (χ4n) is 1.94. The van der Waals surface area contributed by atoms with Crippen LogP contribution >= 0.6 is 23.2 Å². The first-order valence-corrected chi connectivity index (χ1v) is 6.79. The number of anilines is 1. The van der Waals surface area contributed by atoms with E-state index >= 15 is 0 Å². The Balaban J connectivity index is 2.29. The molecule has 0 heterocycles. The summed E-state index contributed by atoms with van der Waals surface area (Å²) in [5.74, 6) is -0.684. The van der Waals surface area contributed by atoms with E-state index in [4.69, 9.17) is 23.2 Å². The molecule has 110 valence electrons. The van der Waals surface area contributed by atoms with Crippen LogP contribution in [0.3, 0.4) is 0 Å². The summed E-state index contributed by atoms with van der Waals surface area (Å²) in [6, 6.07) is 8.02. The zero-order chi connectivity index (χ0) is 15.6. The lowest BCUT2D eigenvalue weighted by atomic mass is 10.1. The van der Waals surface area contributed by atoms with Gasteiger partial charge in [0.2, 0.25) is 0 Å². The fourth-order valence-corrected chi connectivity index (χ4v) is 2.40. The largest absolute Gasteiger partial charge is 0.378 e. The highest BCUT2D eigenvalue weighted by atomic mass is 35.5. The van der Waals surface area contributed by atoms with Crippen LogP contribution in [0.2, 0.25) is 10.0 Å². The smallest absolute Gasteiger partial charge is 0.274 e. The lowest BCUT2D eigenvalue weighted by Gasteiger charge is -2.17. The predicted octanol–water partition coefficient (Wildman–Crippen LogP) is 5.21. The minimum atomic E-state index is -0.684. The molecule has 0 aliphatic rings. The van der Waals surface area contributed by atoms with Crippen molar-refractivity contribution in [1.29, 1.82) is 0 Å². The third-order valence-electron chi connectivity index (χ3n) is 2.90. The number of rotatable bonds is 4. The Labute approximate surface area is 130 Å². The second kappa shape index (κ2) is 6.28. The third-order valence-corrected chi connectivity index (χ3v) is 3.48. The van der Waals surface area contributed by atoms with Crippen molar-refractivity contribution in [2.45, 2.75) is 13.0 Å². The molecule has 1 atom stereocenters. The number of nitrogens with one attached hydrogen (secondary N) is 1. The maximum atomic E-state index is 13.4. The molecular formula is C14H11Cl2FN2O2. The van der Waals surface area contributed by atoms with E-state index in [-0.39, 0.29) is 11.7 Å². The quantitative estimate of drug-likeness (QED) is 0.618. The summed E-state index contributed by atoms with van der Waals surface area (Å²) in [6.07, 6.45) is 0. The van der Waals surface area contributed by atoms with Crippen LogP contribution in [0.15, 0.2) is 36.4 Å². The molecule has 0 bridgehead atoms. The maximum Gasteiger partial charge on any atom is 0.274 e. The van der Waals surface area contributed by atoms with Gasteiger partial charge in [0.25, 0.3) is 5.69 Å². The van der Waals surface area contributed by atoms with Gasteiger partial charge in [-0.25, -0.2) is 4.39 Å². The van der Waals surface area contributed by atoms with Crippen molar-refractivity contribution in [2.24, 2.45) is 0 Å². The second-order valence-electron chi connectivity index (χ2n) is 4.49. The van der Waals surface area contributed by atoms with Crippen molar-refractivity contribution >= 4 is 34.6 Å². The van der Waals surface area contributed by atoms with Crippen LogP contribution < -0.4 is 5.32 Å². The monoisotopic (exact) mass is 328 g/mol. The standard InChI is InChI=1S/C14H11Cl2FN2O2/c1-8(13-4-9(15)2-3-14(13)16)18-11-5-10(17)6-12(7-11)19(20)21/h2-8,18H,1H3. The molecule has 7 heteroatoms. The molecule has 0 spiro atoms. The molecular weight excluding hydrogens is 318 g/mol. The van der Waals surface area contributed by atoms with Crippen molar-refractivity contribution in [3.8, 4) is 0 Å². The van der Waals surface area contributed by atoms with E-state index in [1.807, 2.05) is 0 Å².